The maximum atomic E-state index is 13.0. The van der Waals surface area contributed by atoms with E-state index in [1.54, 1.807) is 24.3 Å². The van der Waals surface area contributed by atoms with E-state index in [9.17, 15) is 18.4 Å². The van der Waals surface area contributed by atoms with E-state index in [1.807, 2.05) is 0 Å². The van der Waals surface area contributed by atoms with Gasteiger partial charge in [-0.25, -0.2) is 0 Å². The molecule has 0 unspecified atom stereocenters. The van der Waals surface area contributed by atoms with Crippen LogP contribution in [0, 0.1) is 0 Å². The first-order valence-corrected chi connectivity index (χ1v) is 7.51. The van der Waals surface area contributed by atoms with Crippen LogP contribution >= 0.6 is 0 Å². The molecule has 7 nitrogen and oxygen atoms in total. The maximum absolute atomic E-state index is 13.0. The Hall–Kier alpha value is -3.36. The second kappa shape index (κ2) is 6.87. The molecule has 26 heavy (non-hydrogen) atoms. The van der Waals surface area contributed by atoms with Crippen LogP contribution in [0.5, 0.6) is 17.2 Å². The van der Waals surface area contributed by atoms with Gasteiger partial charge in [0.05, 0.1) is 5.69 Å². The van der Waals surface area contributed by atoms with Crippen molar-refractivity contribution < 1.29 is 32.6 Å². The van der Waals surface area contributed by atoms with Crippen LogP contribution in [0.1, 0.15) is 6.92 Å². The second-order valence-corrected chi connectivity index (χ2v) is 5.34. The Morgan fingerprint density at radius 1 is 1.08 bits per heavy atom. The minimum atomic E-state index is -3.72. The summed E-state index contributed by atoms with van der Waals surface area (Å²) in [7, 11) is 0. The van der Waals surface area contributed by atoms with Crippen molar-refractivity contribution in [3.63, 3.8) is 0 Å². The molecule has 136 valence electrons. The van der Waals surface area contributed by atoms with Gasteiger partial charge in [0.25, 0.3) is 5.91 Å². The highest BCUT2D eigenvalue weighted by molar-refractivity contribution is 5.93. The lowest BCUT2D eigenvalue weighted by Crippen LogP contribution is -2.25. The minimum absolute atomic E-state index is 0.117. The molecule has 0 saturated heterocycles. The van der Waals surface area contributed by atoms with E-state index < -0.39 is 12.2 Å². The Balaban J connectivity index is 1.60. The molecular weight excluding hydrogens is 350 g/mol. The van der Waals surface area contributed by atoms with Crippen LogP contribution < -0.4 is 24.8 Å². The molecule has 0 aromatic heterocycles. The van der Waals surface area contributed by atoms with E-state index in [1.165, 1.54) is 25.1 Å². The highest BCUT2D eigenvalue weighted by Gasteiger charge is 2.43. The Morgan fingerprint density at radius 3 is 2.58 bits per heavy atom. The Labute approximate surface area is 146 Å². The summed E-state index contributed by atoms with van der Waals surface area (Å²) in [5, 5.41) is 5.08. The number of fused-ring (bicyclic) bond motifs is 1. The molecule has 0 aliphatic carbocycles. The van der Waals surface area contributed by atoms with E-state index in [0.717, 1.165) is 0 Å². The quantitative estimate of drug-likeness (QED) is 0.852. The molecule has 0 bridgehead atoms. The number of hydrogen-bond donors (Lipinski definition) is 2. The number of carbonyl (C=O) groups excluding carboxylic acids is 2. The normalized spacial score (nSPS) is 13.8. The van der Waals surface area contributed by atoms with Crippen molar-refractivity contribution in [2.45, 2.75) is 13.2 Å². The first-order chi connectivity index (χ1) is 12.3. The van der Waals surface area contributed by atoms with Crippen molar-refractivity contribution in [3.05, 3.63) is 42.5 Å². The summed E-state index contributed by atoms with van der Waals surface area (Å²) in [6, 6.07) is 10.5. The van der Waals surface area contributed by atoms with E-state index in [2.05, 4.69) is 20.1 Å². The summed E-state index contributed by atoms with van der Waals surface area (Å²) >= 11 is 0. The average Bonchev–Trinajstić information content (AvgIpc) is 2.86. The van der Waals surface area contributed by atoms with E-state index in [4.69, 9.17) is 4.74 Å². The zero-order chi connectivity index (χ0) is 18.7. The molecule has 1 heterocycles. The molecule has 2 aromatic rings. The molecular formula is C17H14F2N2O5. The van der Waals surface area contributed by atoms with Crippen LogP contribution in [0.25, 0.3) is 0 Å². The Morgan fingerprint density at radius 2 is 1.81 bits per heavy atom. The third-order valence-corrected chi connectivity index (χ3v) is 3.24. The molecule has 0 fully saturated rings. The third-order valence-electron chi connectivity index (χ3n) is 3.24. The first-order valence-electron chi connectivity index (χ1n) is 7.51. The van der Waals surface area contributed by atoms with Gasteiger partial charge in [-0.3, -0.25) is 9.59 Å². The highest BCUT2D eigenvalue weighted by atomic mass is 19.3. The van der Waals surface area contributed by atoms with Crippen molar-refractivity contribution in [2.24, 2.45) is 0 Å². The van der Waals surface area contributed by atoms with Gasteiger partial charge in [-0.15, -0.1) is 8.78 Å². The molecule has 1 aliphatic heterocycles. The van der Waals surface area contributed by atoms with Gasteiger partial charge in [0.1, 0.15) is 5.75 Å². The summed E-state index contributed by atoms with van der Waals surface area (Å²) < 4.78 is 40.0. The van der Waals surface area contributed by atoms with Crippen molar-refractivity contribution >= 4 is 23.2 Å². The van der Waals surface area contributed by atoms with Crippen molar-refractivity contribution in [3.8, 4) is 17.2 Å². The fourth-order valence-corrected chi connectivity index (χ4v) is 2.25. The molecule has 0 atom stereocenters. The largest absolute Gasteiger partial charge is 0.586 e. The van der Waals surface area contributed by atoms with Crippen LogP contribution in [-0.2, 0) is 9.59 Å². The van der Waals surface area contributed by atoms with Crippen LogP contribution in [0.15, 0.2) is 42.5 Å². The van der Waals surface area contributed by atoms with Gasteiger partial charge in [-0.1, -0.05) is 12.1 Å². The van der Waals surface area contributed by atoms with Crippen LogP contribution in [0.4, 0.5) is 20.2 Å². The smallest absolute Gasteiger partial charge is 0.482 e. The average molecular weight is 364 g/mol. The molecule has 3 rings (SSSR count). The summed E-state index contributed by atoms with van der Waals surface area (Å²) in [4.78, 5) is 23.2. The summed E-state index contributed by atoms with van der Waals surface area (Å²) in [6.07, 6.45) is -3.72. The third kappa shape index (κ3) is 4.18. The number of alkyl halides is 2. The highest BCUT2D eigenvalue weighted by Crippen LogP contribution is 2.42. The van der Waals surface area contributed by atoms with E-state index >= 15 is 0 Å². The van der Waals surface area contributed by atoms with Gasteiger partial charge < -0.3 is 24.8 Å². The summed E-state index contributed by atoms with van der Waals surface area (Å²) in [5.41, 5.74) is 0.673. The number of carbonyl (C=O) groups is 2. The number of anilines is 2. The fraction of sp³-hybridized carbons (Fsp3) is 0.176. The Bertz CT molecular complexity index is 857. The van der Waals surface area contributed by atoms with Crippen LogP contribution in [0.3, 0.4) is 0 Å². The lowest BCUT2D eigenvalue weighted by atomic mass is 10.2. The number of halogens is 2. The zero-order valence-corrected chi connectivity index (χ0v) is 13.5. The summed E-state index contributed by atoms with van der Waals surface area (Å²) in [5.74, 6) is -0.766. The number of hydrogen-bond acceptors (Lipinski definition) is 5. The van der Waals surface area contributed by atoms with E-state index in [-0.39, 0.29) is 29.7 Å². The van der Waals surface area contributed by atoms with Gasteiger partial charge in [-0.05, 0) is 24.3 Å². The minimum Gasteiger partial charge on any atom is -0.482 e. The zero-order valence-electron chi connectivity index (χ0n) is 13.5. The standard InChI is InChI=1S/C17H14F2N2O5/c1-10(22)20-12-4-2-3-5-13(12)24-9-16(23)21-11-6-7-14-15(8-11)26-17(18,19)25-14/h2-8H,9H2,1H3,(H,20,22)(H,21,23). The molecule has 1 aliphatic rings. The summed E-state index contributed by atoms with van der Waals surface area (Å²) in [6.45, 7) is 1.01. The topological polar surface area (TPSA) is 85.9 Å². The molecule has 2 N–H and O–H groups in total. The molecule has 2 amide bonds. The van der Waals surface area contributed by atoms with Gasteiger partial charge in [0.15, 0.2) is 18.1 Å². The van der Waals surface area contributed by atoms with E-state index in [0.29, 0.717) is 11.4 Å². The lowest BCUT2D eigenvalue weighted by Gasteiger charge is -2.11. The number of nitrogens with one attached hydrogen (secondary N) is 2. The molecule has 0 radical (unpaired) electrons. The van der Waals surface area contributed by atoms with Gasteiger partial charge in [-0.2, -0.15) is 0 Å². The maximum Gasteiger partial charge on any atom is 0.586 e. The van der Waals surface area contributed by atoms with Crippen molar-refractivity contribution in [1.82, 2.24) is 0 Å². The predicted octanol–water partition coefficient (Wildman–Crippen LogP) is 2.98. The number of rotatable bonds is 5. The van der Waals surface area contributed by atoms with Gasteiger partial charge in [0.2, 0.25) is 5.91 Å². The fourth-order valence-electron chi connectivity index (χ4n) is 2.25. The molecule has 0 spiro atoms. The number of ether oxygens (including phenoxy) is 3. The van der Waals surface area contributed by atoms with Gasteiger partial charge >= 0.3 is 6.29 Å². The Kier molecular flexibility index (Phi) is 4.61. The number of para-hydroxylation sites is 2. The molecule has 9 heteroatoms. The van der Waals surface area contributed by atoms with Crippen molar-refractivity contribution in [2.75, 3.05) is 17.2 Å². The number of benzene rings is 2. The lowest BCUT2D eigenvalue weighted by molar-refractivity contribution is -0.286. The van der Waals surface area contributed by atoms with Crippen LogP contribution in [0.2, 0.25) is 0 Å². The first kappa shape index (κ1) is 17.5. The second-order valence-electron chi connectivity index (χ2n) is 5.34. The van der Waals surface area contributed by atoms with Crippen LogP contribution in [-0.4, -0.2) is 24.7 Å². The predicted molar refractivity (Wildman–Crippen MR) is 87.5 cm³/mol. The monoisotopic (exact) mass is 364 g/mol. The SMILES string of the molecule is CC(=O)Nc1ccccc1OCC(=O)Nc1ccc2c(c1)OC(F)(F)O2. The van der Waals surface area contributed by atoms with Gasteiger partial charge in [0, 0.05) is 18.7 Å². The number of amides is 2. The van der Waals surface area contributed by atoms with Crippen molar-refractivity contribution in [1.29, 1.82) is 0 Å². The molecule has 0 saturated carbocycles. The molecule has 2 aromatic carbocycles.